The molecule has 1 aromatic rings. The van der Waals surface area contributed by atoms with Gasteiger partial charge in [0.1, 0.15) is 4.60 Å². The maximum absolute atomic E-state index is 5.45. The van der Waals surface area contributed by atoms with Crippen molar-refractivity contribution in [2.45, 2.75) is 26.3 Å². The van der Waals surface area contributed by atoms with E-state index < -0.39 is 0 Å². The fourth-order valence-electron chi connectivity index (χ4n) is 0.928. The molecule has 1 aromatic heterocycles. The molecule has 0 aromatic carbocycles. The van der Waals surface area contributed by atoms with Crippen LogP contribution in [0.4, 0.5) is 0 Å². The zero-order valence-corrected chi connectivity index (χ0v) is 10.8. The number of nitrogens with one attached hydrogen (secondary N) is 1. The van der Waals surface area contributed by atoms with Gasteiger partial charge in [-0.2, -0.15) is 4.98 Å². The van der Waals surface area contributed by atoms with E-state index in [9.17, 15) is 0 Å². The van der Waals surface area contributed by atoms with Gasteiger partial charge in [0.25, 0.3) is 5.19 Å². The van der Waals surface area contributed by atoms with Crippen LogP contribution in [0.15, 0.2) is 9.98 Å². The van der Waals surface area contributed by atoms with E-state index in [0.717, 1.165) is 29.4 Å². The molecule has 0 atom stereocenters. The van der Waals surface area contributed by atoms with Gasteiger partial charge < -0.3 is 10.1 Å². The first-order valence-electron chi connectivity index (χ1n) is 4.65. The summed E-state index contributed by atoms with van der Waals surface area (Å²) in [6.07, 6.45) is 1.01. The number of rotatable bonds is 6. The van der Waals surface area contributed by atoms with Crippen molar-refractivity contribution in [1.82, 2.24) is 10.3 Å². The molecule has 14 heavy (non-hydrogen) atoms. The van der Waals surface area contributed by atoms with E-state index in [1.807, 2.05) is 5.38 Å². The van der Waals surface area contributed by atoms with Crippen LogP contribution in [-0.4, -0.2) is 24.2 Å². The molecule has 0 radical (unpaired) electrons. The molecule has 0 aliphatic rings. The van der Waals surface area contributed by atoms with E-state index in [0.29, 0.717) is 6.04 Å². The second kappa shape index (κ2) is 6.37. The highest BCUT2D eigenvalue weighted by molar-refractivity contribution is 9.10. The molecule has 0 bridgehead atoms. The second-order valence-corrected chi connectivity index (χ2v) is 4.88. The molecule has 0 unspecified atom stereocenters. The number of hydrogen-bond donors (Lipinski definition) is 1. The first kappa shape index (κ1) is 11.9. The quantitative estimate of drug-likeness (QED) is 0.813. The summed E-state index contributed by atoms with van der Waals surface area (Å²) in [4.78, 5) is 4.14. The van der Waals surface area contributed by atoms with Crippen molar-refractivity contribution in [3.05, 3.63) is 9.98 Å². The minimum absolute atomic E-state index is 0.545. The number of aromatic nitrogens is 1. The van der Waals surface area contributed by atoms with Crippen molar-refractivity contribution in [3.8, 4) is 5.19 Å². The maximum Gasteiger partial charge on any atom is 0.274 e. The average molecular weight is 279 g/mol. The van der Waals surface area contributed by atoms with E-state index in [4.69, 9.17) is 4.74 Å². The Morgan fingerprint density at radius 3 is 3.00 bits per heavy atom. The predicted octanol–water partition coefficient (Wildman–Crippen LogP) is 2.67. The van der Waals surface area contributed by atoms with Crippen LogP contribution < -0.4 is 10.1 Å². The summed E-state index contributed by atoms with van der Waals surface area (Å²) in [6, 6.07) is 0.545. The van der Waals surface area contributed by atoms with Gasteiger partial charge in [-0.15, -0.1) is 0 Å². The Morgan fingerprint density at radius 2 is 2.43 bits per heavy atom. The van der Waals surface area contributed by atoms with Gasteiger partial charge in [0, 0.05) is 11.4 Å². The van der Waals surface area contributed by atoms with Gasteiger partial charge in [-0.05, 0) is 28.9 Å². The summed E-state index contributed by atoms with van der Waals surface area (Å²) in [7, 11) is 0. The van der Waals surface area contributed by atoms with E-state index >= 15 is 0 Å². The summed E-state index contributed by atoms with van der Waals surface area (Å²) in [5, 5.41) is 5.99. The highest BCUT2D eigenvalue weighted by atomic mass is 79.9. The molecular weight excluding hydrogens is 264 g/mol. The van der Waals surface area contributed by atoms with Crippen LogP contribution in [0.25, 0.3) is 0 Å². The molecule has 0 aliphatic carbocycles. The van der Waals surface area contributed by atoms with Crippen molar-refractivity contribution in [2.24, 2.45) is 0 Å². The highest BCUT2D eigenvalue weighted by Crippen LogP contribution is 2.21. The van der Waals surface area contributed by atoms with E-state index in [1.165, 1.54) is 11.3 Å². The molecule has 1 heterocycles. The third-order valence-corrected chi connectivity index (χ3v) is 3.02. The number of thiazole rings is 1. The molecule has 0 spiro atoms. The molecule has 0 aliphatic heterocycles. The lowest BCUT2D eigenvalue weighted by Crippen LogP contribution is -2.24. The summed E-state index contributed by atoms with van der Waals surface area (Å²) in [5.74, 6) is 0. The van der Waals surface area contributed by atoms with Crippen LogP contribution in [0.2, 0.25) is 0 Å². The molecule has 5 heteroatoms. The monoisotopic (exact) mass is 278 g/mol. The Balaban J connectivity index is 2.04. The summed E-state index contributed by atoms with van der Waals surface area (Å²) in [5.41, 5.74) is 0. The Labute approximate surface area is 97.0 Å². The van der Waals surface area contributed by atoms with Crippen molar-refractivity contribution < 1.29 is 4.74 Å². The molecule has 0 amide bonds. The third kappa shape index (κ3) is 4.93. The maximum atomic E-state index is 5.45. The Hall–Kier alpha value is -0.130. The average Bonchev–Trinajstić information content (AvgIpc) is 2.50. The van der Waals surface area contributed by atoms with Gasteiger partial charge in [0.2, 0.25) is 0 Å². The standard InChI is InChI=1S/C9H15BrN2OS/c1-7(2)11-4-3-5-13-9-12-8(10)6-14-9/h6-7,11H,3-5H2,1-2H3. The number of halogens is 1. The van der Waals surface area contributed by atoms with E-state index in [1.54, 1.807) is 0 Å². The van der Waals surface area contributed by atoms with E-state index in [-0.39, 0.29) is 0 Å². The summed E-state index contributed by atoms with van der Waals surface area (Å²) < 4.78 is 6.29. The van der Waals surface area contributed by atoms with Gasteiger partial charge in [-0.1, -0.05) is 25.2 Å². The Bertz CT molecular complexity index is 265. The van der Waals surface area contributed by atoms with Crippen LogP contribution >= 0.6 is 27.3 Å². The Kier molecular flexibility index (Phi) is 5.44. The molecule has 1 N–H and O–H groups in total. The summed E-state index contributed by atoms with van der Waals surface area (Å²) >= 11 is 4.79. The first-order valence-corrected chi connectivity index (χ1v) is 6.33. The SMILES string of the molecule is CC(C)NCCCOc1nc(Br)cs1. The van der Waals surface area contributed by atoms with Crippen LogP contribution in [-0.2, 0) is 0 Å². The predicted molar refractivity (Wildman–Crippen MR) is 63.1 cm³/mol. The van der Waals surface area contributed by atoms with Gasteiger partial charge in [-0.25, -0.2) is 0 Å². The molecule has 0 saturated carbocycles. The van der Waals surface area contributed by atoms with Crippen LogP contribution in [0, 0.1) is 0 Å². The molecular formula is C9H15BrN2OS. The number of ether oxygens (including phenoxy) is 1. The smallest absolute Gasteiger partial charge is 0.274 e. The van der Waals surface area contributed by atoms with Crippen molar-refractivity contribution in [1.29, 1.82) is 0 Å². The topological polar surface area (TPSA) is 34.1 Å². The largest absolute Gasteiger partial charge is 0.470 e. The first-order chi connectivity index (χ1) is 6.68. The fourth-order valence-corrected chi connectivity index (χ4v) is 2.04. The number of nitrogens with zero attached hydrogens (tertiary/aromatic N) is 1. The third-order valence-electron chi connectivity index (χ3n) is 1.55. The normalized spacial score (nSPS) is 10.9. The van der Waals surface area contributed by atoms with Crippen LogP contribution in [0.1, 0.15) is 20.3 Å². The molecule has 0 fully saturated rings. The lowest BCUT2D eigenvalue weighted by Gasteiger charge is -2.07. The van der Waals surface area contributed by atoms with Crippen molar-refractivity contribution in [2.75, 3.05) is 13.2 Å². The molecule has 3 nitrogen and oxygen atoms in total. The lowest BCUT2D eigenvalue weighted by molar-refractivity contribution is 0.304. The molecule has 1 rings (SSSR count). The minimum atomic E-state index is 0.545. The van der Waals surface area contributed by atoms with Crippen molar-refractivity contribution >= 4 is 27.3 Å². The van der Waals surface area contributed by atoms with E-state index in [2.05, 4.69) is 40.1 Å². The fraction of sp³-hybridized carbons (Fsp3) is 0.667. The van der Waals surface area contributed by atoms with Gasteiger partial charge in [0.05, 0.1) is 6.61 Å². The highest BCUT2D eigenvalue weighted by Gasteiger charge is 1.99. The van der Waals surface area contributed by atoms with Gasteiger partial charge in [-0.3, -0.25) is 0 Å². The molecule has 0 saturated heterocycles. The zero-order chi connectivity index (χ0) is 10.4. The van der Waals surface area contributed by atoms with Crippen LogP contribution in [0.3, 0.4) is 0 Å². The van der Waals surface area contributed by atoms with Gasteiger partial charge >= 0.3 is 0 Å². The molecule has 80 valence electrons. The summed E-state index contributed by atoms with van der Waals surface area (Å²) in [6.45, 7) is 5.99. The van der Waals surface area contributed by atoms with Crippen LogP contribution in [0.5, 0.6) is 5.19 Å². The Morgan fingerprint density at radius 1 is 1.64 bits per heavy atom. The number of hydrogen-bond acceptors (Lipinski definition) is 4. The van der Waals surface area contributed by atoms with Crippen molar-refractivity contribution in [3.63, 3.8) is 0 Å². The van der Waals surface area contributed by atoms with Gasteiger partial charge in [0.15, 0.2) is 0 Å². The minimum Gasteiger partial charge on any atom is -0.470 e. The lowest BCUT2D eigenvalue weighted by atomic mass is 10.3. The second-order valence-electron chi connectivity index (χ2n) is 3.25. The zero-order valence-electron chi connectivity index (χ0n) is 8.42.